The van der Waals surface area contributed by atoms with E-state index in [0.717, 1.165) is 17.7 Å². The number of fused-ring (bicyclic) bond motifs is 1. The highest BCUT2D eigenvalue weighted by atomic mass is 19.1. The molecule has 34 heavy (non-hydrogen) atoms. The van der Waals surface area contributed by atoms with Gasteiger partial charge in [-0.05, 0) is 74.2 Å². The van der Waals surface area contributed by atoms with Crippen molar-refractivity contribution in [1.29, 1.82) is 0 Å². The summed E-state index contributed by atoms with van der Waals surface area (Å²) in [5.74, 6) is -1.34. The van der Waals surface area contributed by atoms with Gasteiger partial charge < -0.3 is 15.5 Å². The molecular formula is C25H24FN5O3. The molecule has 8 nitrogen and oxygen atoms in total. The summed E-state index contributed by atoms with van der Waals surface area (Å²) >= 11 is 0. The first kappa shape index (κ1) is 21.8. The number of hydrogen-bond donors (Lipinski definition) is 1. The number of carbonyl (C=O) groups excluding carboxylic acids is 3. The van der Waals surface area contributed by atoms with Crippen LogP contribution in [0.2, 0.25) is 0 Å². The Labute approximate surface area is 195 Å². The van der Waals surface area contributed by atoms with Crippen LogP contribution in [0.1, 0.15) is 50.5 Å². The van der Waals surface area contributed by atoms with Crippen LogP contribution in [0.5, 0.6) is 0 Å². The molecule has 2 aromatic carbocycles. The number of anilines is 2. The second-order valence-corrected chi connectivity index (χ2v) is 8.71. The molecule has 174 valence electrons. The number of benzene rings is 2. The van der Waals surface area contributed by atoms with Crippen molar-refractivity contribution in [2.75, 3.05) is 22.9 Å². The minimum absolute atomic E-state index is 0.0470. The molecule has 0 atom stereocenters. The van der Waals surface area contributed by atoms with Crippen LogP contribution in [0.25, 0.3) is 5.69 Å². The number of aryl methyl sites for hydroxylation is 2. The number of primary amides is 1. The van der Waals surface area contributed by atoms with E-state index in [0.29, 0.717) is 48.4 Å². The Morgan fingerprint density at radius 2 is 1.71 bits per heavy atom. The third-order valence-electron chi connectivity index (χ3n) is 6.49. The fourth-order valence-electron chi connectivity index (χ4n) is 4.85. The van der Waals surface area contributed by atoms with Crippen molar-refractivity contribution in [3.8, 4) is 5.69 Å². The van der Waals surface area contributed by atoms with Gasteiger partial charge in [-0.1, -0.05) is 0 Å². The average Bonchev–Trinajstić information content (AvgIpc) is 3.38. The summed E-state index contributed by atoms with van der Waals surface area (Å²) in [6.45, 7) is 4.67. The van der Waals surface area contributed by atoms with Crippen LogP contribution in [-0.2, 0) is 11.2 Å². The lowest BCUT2D eigenvalue weighted by atomic mass is 10.0. The van der Waals surface area contributed by atoms with Gasteiger partial charge >= 0.3 is 0 Å². The van der Waals surface area contributed by atoms with Gasteiger partial charge in [-0.25, -0.2) is 9.07 Å². The van der Waals surface area contributed by atoms with Crippen LogP contribution in [0.4, 0.5) is 15.8 Å². The minimum atomic E-state index is -0.716. The molecule has 0 spiro atoms. The molecule has 0 bridgehead atoms. The van der Waals surface area contributed by atoms with Crippen LogP contribution >= 0.6 is 0 Å². The number of hydrogen-bond acceptors (Lipinski definition) is 4. The molecule has 1 aromatic heterocycles. The van der Waals surface area contributed by atoms with Gasteiger partial charge in [-0.2, -0.15) is 5.10 Å². The lowest BCUT2D eigenvalue weighted by Gasteiger charge is -2.29. The van der Waals surface area contributed by atoms with Crippen LogP contribution in [0.3, 0.4) is 0 Å². The number of amides is 3. The van der Waals surface area contributed by atoms with Crippen molar-refractivity contribution >= 4 is 29.1 Å². The van der Waals surface area contributed by atoms with E-state index in [-0.39, 0.29) is 23.2 Å². The van der Waals surface area contributed by atoms with Crippen LogP contribution < -0.4 is 15.5 Å². The lowest BCUT2D eigenvalue weighted by molar-refractivity contribution is -0.117. The highest BCUT2D eigenvalue weighted by molar-refractivity contribution is 6.10. The number of aromatic nitrogens is 2. The second kappa shape index (κ2) is 8.09. The Morgan fingerprint density at radius 1 is 0.971 bits per heavy atom. The van der Waals surface area contributed by atoms with Crippen LogP contribution in [-0.4, -0.2) is 40.6 Å². The Bertz CT molecular complexity index is 1360. The highest BCUT2D eigenvalue weighted by Gasteiger charge is 2.35. The Kier molecular flexibility index (Phi) is 5.19. The van der Waals surface area contributed by atoms with Gasteiger partial charge in [0.15, 0.2) is 5.69 Å². The quantitative estimate of drug-likeness (QED) is 0.645. The third kappa shape index (κ3) is 3.44. The average molecular weight is 461 g/mol. The predicted octanol–water partition coefficient (Wildman–Crippen LogP) is 3.06. The van der Waals surface area contributed by atoms with E-state index in [1.807, 2.05) is 25.1 Å². The molecule has 2 aliphatic rings. The molecule has 2 N–H and O–H groups in total. The molecule has 0 radical (unpaired) electrons. The second-order valence-electron chi connectivity index (χ2n) is 8.71. The van der Waals surface area contributed by atoms with Crippen molar-refractivity contribution in [3.05, 3.63) is 70.3 Å². The Hall–Kier alpha value is -4.01. The van der Waals surface area contributed by atoms with E-state index in [1.165, 1.54) is 22.9 Å². The molecule has 0 unspecified atom stereocenters. The number of nitrogens with zero attached hydrogens (tertiary/aromatic N) is 4. The van der Waals surface area contributed by atoms with E-state index >= 15 is 0 Å². The molecular weight excluding hydrogens is 437 g/mol. The maximum atomic E-state index is 13.7. The highest BCUT2D eigenvalue weighted by Crippen LogP contribution is 2.33. The molecule has 1 fully saturated rings. The summed E-state index contributed by atoms with van der Waals surface area (Å²) in [6, 6.07) is 9.75. The summed E-state index contributed by atoms with van der Waals surface area (Å²) in [6.07, 6.45) is 1.77. The molecule has 3 heterocycles. The van der Waals surface area contributed by atoms with Crippen molar-refractivity contribution < 1.29 is 18.8 Å². The third-order valence-corrected chi connectivity index (χ3v) is 6.49. The SMILES string of the molecule is Cc1cc(N2CCc3c(C(N)=O)nn(-c4ccc(F)cc4C)c3C2=O)ccc1N1CCCC1=O. The van der Waals surface area contributed by atoms with Crippen molar-refractivity contribution in [2.45, 2.75) is 33.1 Å². The van der Waals surface area contributed by atoms with Gasteiger partial charge in [-0.3, -0.25) is 14.4 Å². The summed E-state index contributed by atoms with van der Waals surface area (Å²) in [4.78, 5) is 41.4. The summed E-state index contributed by atoms with van der Waals surface area (Å²) in [5, 5.41) is 4.35. The van der Waals surface area contributed by atoms with Gasteiger partial charge in [0.1, 0.15) is 11.5 Å². The molecule has 0 saturated carbocycles. The fourth-order valence-corrected chi connectivity index (χ4v) is 4.85. The van der Waals surface area contributed by atoms with E-state index < -0.39 is 11.7 Å². The van der Waals surface area contributed by atoms with Crippen LogP contribution in [0.15, 0.2) is 36.4 Å². The number of rotatable bonds is 4. The van der Waals surface area contributed by atoms with Gasteiger partial charge in [0.2, 0.25) is 5.91 Å². The smallest absolute Gasteiger partial charge is 0.277 e. The van der Waals surface area contributed by atoms with Crippen molar-refractivity contribution in [1.82, 2.24) is 9.78 Å². The van der Waals surface area contributed by atoms with Crippen molar-refractivity contribution in [2.24, 2.45) is 5.73 Å². The van der Waals surface area contributed by atoms with E-state index in [9.17, 15) is 18.8 Å². The van der Waals surface area contributed by atoms with Gasteiger partial charge in [0, 0.05) is 36.4 Å². The zero-order chi connectivity index (χ0) is 24.1. The molecule has 1 saturated heterocycles. The van der Waals surface area contributed by atoms with Crippen LogP contribution in [0, 0.1) is 19.7 Å². The van der Waals surface area contributed by atoms with Gasteiger partial charge in [0.25, 0.3) is 11.8 Å². The Balaban J connectivity index is 1.57. The first-order valence-electron chi connectivity index (χ1n) is 11.2. The number of carbonyl (C=O) groups is 3. The zero-order valence-corrected chi connectivity index (χ0v) is 19.0. The van der Waals surface area contributed by atoms with E-state index in [1.54, 1.807) is 16.7 Å². The first-order valence-corrected chi connectivity index (χ1v) is 11.2. The standard InChI is InChI=1S/C25H24FN5O3/c1-14-12-16(26)5-7-20(14)31-23-18(22(28-31)24(27)33)9-11-29(25(23)34)17-6-8-19(15(2)13-17)30-10-3-4-21(30)32/h5-8,12-13H,3-4,9-11H2,1-2H3,(H2,27,33). The molecule has 2 aliphatic heterocycles. The normalized spacial score (nSPS) is 15.7. The maximum absolute atomic E-state index is 13.7. The maximum Gasteiger partial charge on any atom is 0.277 e. The molecule has 9 heteroatoms. The molecule has 3 amide bonds. The van der Waals surface area contributed by atoms with Gasteiger partial charge in [0.05, 0.1) is 5.69 Å². The zero-order valence-electron chi connectivity index (χ0n) is 19.0. The van der Waals surface area contributed by atoms with E-state index in [2.05, 4.69) is 5.10 Å². The molecule has 0 aliphatic carbocycles. The monoisotopic (exact) mass is 461 g/mol. The van der Waals surface area contributed by atoms with Gasteiger partial charge in [-0.15, -0.1) is 0 Å². The first-order chi connectivity index (χ1) is 16.3. The topological polar surface area (TPSA) is 102 Å². The fraction of sp³-hybridized carbons (Fsp3) is 0.280. The summed E-state index contributed by atoms with van der Waals surface area (Å²) < 4.78 is 15.1. The van der Waals surface area contributed by atoms with Crippen molar-refractivity contribution in [3.63, 3.8) is 0 Å². The molecule has 3 aromatic rings. The van der Waals surface area contributed by atoms with E-state index in [4.69, 9.17) is 5.73 Å². The summed E-state index contributed by atoms with van der Waals surface area (Å²) in [7, 11) is 0. The minimum Gasteiger partial charge on any atom is -0.364 e. The Morgan fingerprint density at radius 3 is 2.35 bits per heavy atom. The number of halogens is 1. The molecule has 5 rings (SSSR count). The number of nitrogens with two attached hydrogens (primary N) is 1. The lowest BCUT2D eigenvalue weighted by Crippen LogP contribution is -2.39. The largest absolute Gasteiger partial charge is 0.364 e. The predicted molar refractivity (Wildman–Crippen MR) is 125 cm³/mol. The summed E-state index contributed by atoms with van der Waals surface area (Å²) in [5.41, 5.74) is 9.84.